The number of hydroxylamine groups is 2. The van der Waals surface area contributed by atoms with Gasteiger partial charge < -0.3 is 14.2 Å². The molecule has 42 heavy (non-hydrogen) atoms. The number of fused-ring (bicyclic) bond motifs is 2. The van der Waals surface area contributed by atoms with Crippen molar-refractivity contribution in [3.63, 3.8) is 0 Å². The van der Waals surface area contributed by atoms with Gasteiger partial charge in [-0.25, -0.2) is 14.8 Å². The van der Waals surface area contributed by atoms with E-state index in [-0.39, 0.29) is 36.4 Å². The summed E-state index contributed by atoms with van der Waals surface area (Å²) in [4.78, 5) is 42.8. The maximum absolute atomic E-state index is 13.3. The number of carbonyl (C=O) groups is 2. The van der Waals surface area contributed by atoms with Crippen LogP contribution in [-0.2, 0) is 21.4 Å². The number of imidazole rings is 1. The maximum atomic E-state index is 13.3. The molecule has 9 nitrogen and oxygen atoms in total. The van der Waals surface area contributed by atoms with E-state index in [0.717, 1.165) is 46.5 Å². The lowest BCUT2D eigenvalue weighted by Gasteiger charge is -2.37. The molecule has 2 aliphatic rings. The van der Waals surface area contributed by atoms with Gasteiger partial charge in [0.1, 0.15) is 6.04 Å². The molecule has 3 heterocycles. The minimum Gasteiger partial charge on any atom is -0.447 e. The van der Waals surface area contributed by atoms with Gasteiger partial charge in [0.2, 0.25) is 5.91 Å². The molecular formula is C32H38ClN5O4. The van der Waals surface area contributed by atoms with Crippen LogP contribution in [0.1, 0.15) is 80.1 Å². The molecule has 1 saturated heterocycles. The SMILES string of the molecule is CCC(=O)N(OC)C(C1=Cc2cccnc2C(C2CCN(C(=O)OC(C)C)CC2)c2ccc(Cl)cc21)c1cncn1C. The van der Waals surface area contributed by atoms with Crippen molar-refractivity contribution in [3.8, 4) is 0 Å². The van der Waals surface area contributed by atoms with Crippen molar-refractivity contribution in [3.05, 3.63) is 82.2 Å². The maximum Gasteiger partial charge on any atom is 0.410 e. The fraction of sp³-hybridized carbons (Fsp3) is 0.438. The highest BCUT2D eigenvalue weighted by Gasteiger charge is 2.39. The van der Waals surface area contributed by atoms with Gasteiger partial charge in [-0.1, -0.05) is 30.7 Å². The summed E-state index contributed by atoms with van der Waals surface area (Å²) in [5, 5.41) is 2.03. The van der Waals surface area contributed by atoms with E-state index in [0.29, 0.717) is 18.1 Å². The number of nitrogens with zero attached hydrogens (tertiary/aromatic N) is 5. The molecule has 0 radical (unpaired) electrons. The summed E-state index contributed by atoms with van der Waals surface area (Å²) in [5.74, 6) is 0.0250. The second-order valence-electron chi connectivity index (χ2n) is 11.1. The lowest BCUT2D eigenvalue weighted by molar-refractivity contribution is -0.183. The normalized spacial score (nSPS) is 17.6. The van der Waals surface area contributed by atoms with Crippen molar-refractivity contribution in [2.75, 3.05) is 20.2 Å². The van der Waals surface area contributed by atoms with Crippen LogP contribution >= 0.6 is 11.6 Å². The van der Waals surface area contributed by atoms with Crippen LogP contribution < -0.4 is 0 Å². The first-order valence-corrected chi connectivity index (χ1v) is 14.9. The van der Waals surface area contributed by atoms with Gasteiger partial charge in [-0.3, -0.25) is 14.6 Å². The quantitative estimate of drug-likeness (QED) is 0.302. The zero-order valence-corrected chi connectivity index (χ0v) is 25.5. The van der Waals surface area contributed by atoms with Crippen LogP contribution in [0.4, 0.5) is 4.79 Å². The zero-order chi connectivity index (χ0) is 30.0. The average Bonchev–Trinajstić information content (AvgIpc) is 3.34. The number of carbonyl (C=O) groups excluding carboxylic acids is 2. The van der Waals surface area contributed by atoms with E-state index >= 15 is 0 Å². The van der Waals surface area contributed by atoms with Crippen LogP contribution in [0.25, 0.3) is 11.6 Å². The predicted molar refractivity (Wildman–Crippen MR) is 161 cm³/mol. The number of likely N-dealkylation sites (tertiary alicyclic amines) is 1. The summed E-state index contributed by atoms with van der Waals surface area (Å²) in [6.45, 7) is 6.77. The number of amides is 2. The standard InChI is InChI=1S/C32H38ClN5O4/c1-6-28(39)38(41-5)31(27-18-34-19-36(27)4)26-16-22-8-7-13-35-30(22)29(24-10-9-23(33)17-25(24)26)21-11-14-37(15-12-21)32(40)42-20(2)3/h7-10,13,16-21,29,31H,6,11-12,14-15H2,1-5H3. The summed E-state index contributed by atoms with van der Waals surface area (Å²) in [5.41, 5.74) is 5.63. The van der Waals surface area contributed by atoms with E-state index < -0.39 is 6.04 Å². The van der Waals surface area contributed by atoms with Gasteiger partial charge in [-0.15, -0.1) is 0 Å². The number of benzene rings is 1. The van der Waals surface area contributed by atoms with Gasteiger partial charge in [0, 0.05) is 43.7 Å². The van der Waals surface area contributed by atoms with E-state index in [1.54, 1.807) is 17.4 Å². The Bertz CT molecular complexity index is 1480. The van der Waals surface area contributed by atoms with Gasteiger partial charge in [0.25, 0.3) is 0 Å². The van der Waals surface area contributed by atoms with Crippen LogP contribution in [0.2, 0.25) is 5.02 Å². The number of piperidine rings is 1. The first kappa shape index (κ1) is 29.8. The molecular weight excluding hydrogens is 554 g/mol. The van der Waals surface area contributed by atoms with Crippen LogP contribution in [0.3, 0.4) is 0 Å². The Balaban J connectivity index is 1.64. The van der Waals surface area contributed by atoms with Gasteiger partial charge in [-0.2, -0.15) is 0 Å². The third kappa shape index (κ3) is 5.80. The third-order valence-corrected chi connectivity index (χ3v) is 8.39. The van der Waals surface area contributed by atoms with Crippen molar-refractivity contribution in [2.24, 2.45) is 13.0 Å². The number of pyridine rings is 1. The fourth-order valence-electron chi connectivity index (χ4n) is 6.19. The van der Waals surface area contributed by atoms with Crippen molar-refractivity contribution in [1.82, 2.24) is 24.5 Å². The molecule has 0 spiro atoms. The van der Waals surface area contributed by atoms with Gasteiger partial charge >= 0.3 is 6.09 Å². The number of halogens is 1. The molecule has 0 saturated carbocycles. The molecule has 5 rings (SSSR count). The number of aromatic nitrogens is 3. The highest BCUT2D eigenvalue weighted by Crippen LogP contribution is 2.48. The molecule has 0 N–H and O–H groups in total. The van der Waals surface area contributed by atoms with E-state index in [1.807, 2.05) is 56.8 Å². The van der Waals surface area contributed by atoms with Gasteiger partial charge in [0.05, 0.1) is 37.1 Å². The van der Waals surface area contributed by atoms with Crippen LogP contribution in [0.5, 0.6) is 0 Å². The van der Waals surface area contributed by atoms with E-state index in [1.165, 1.54) is 12.2 Å². The minimum absolute atomic E-state index is 0.0458. The number of aryl methyl sites for hydroxylation is 1. The monoisotopic (exact) mass is 591 g/mol. The Hall–Kier alpha value is -3.69. The molecule has 2 aromatic heterocycles. The largest absolute Gasteiger partial charge is 0.447 e. The van der Waals surface area contributed by atoms with Crippen LogP contribution in [0, 0.1) is 5.92 Å². The van der Waals surface area contributed by atoms with Gasteiger partial charge in [0.15, 0.2) is 0 Å². The van der Waals surface area contributed by atoms with E-state index in [4.69, 9.17) is 26.2 Å². The van der Waals surface area contributed by atoms with Crippen molar-refractivity contribution < 1.29 is 19.2 Å². The summed E-state index contributed by atoms with van der Waals surface area (Å²) >= 11 is 6.67. The van der Waals surface area contributed by atoms with Gasteiger partial charge in [-0.05, 0) is 79.1 Å². The number of rotatable bonds is 7. The molecule has 2 unspecified atom stereocenters. The highest BCUT2D eigenvalue weighted by molar-refractivity contribution is 6.30. The lowest BCUT2D eigenvalue weighted by Crippen LogP contribution is -2.41. The first-order valence-electron chi connectivity index (χ1n) is 14.5. The topological polar surface area (TPSA) is 89.8 Å². The molecule has 1 aliphatic carbocycles. The molecule has 10 heteroatoms. The van der Waals surface area contributed by atoms with E-state index in [9.17, 15) is 9.59 Å². The molecule has 3 aromatic rings. The number of hydrogen-bond acceptors (Lipinski definition) is 6. The Morgan fingerprint density at radius 2 is 1.95 bits per heavy atom. The Labute approximate surface area is 252 Å². The molecule has 1 fully saturated rings. The lowest BCUT2D eigenvalue weighted by atomic mass is 9.75. The average molecular weight is 592 g/mol. The van der Waals surface area contributed by atoms with E-state index in [2.05, 4.69) is 23.2 Å². The van der Waals surface area contributed by atoms with Crippen molar-refractivity contribution in [2.45, 2.75) is 58.1 Å². The molecule has 2 atom stereocenters. The molecule has 0 bridgehead atoms. The van der Waals surface area contributed by atoms with Crippen molar-refractivity contribution in [1.29, 1.82) is 0 Å². The van der Waals surface area contributed by atoms with Crippen LogP contribution in [0.15, 0.2) is 49.1 Å². The van der Waals surface area contributed by atoms with Crippen LogP contribution in [-0.4, -0.2) is 62.8 Å². The Morgan fingerprint density at radius 1 is 1.19 bits per heavy atom. The Kier molecular flexibility index (Phi) is 8.99. The summed E-state index contributed by atoms with van der Waals surface area (Å²) in [7, 11) is 3.43. The molecule has 222 valence electrons. The summed E-state index contributed by atoms with van der Waals surface area (Å²) in [6, 6.07) is 9.38. The third-order valence-electron chi connectivity index (χ3n) is 8.15. The number of hydrogen-bond donors (Lipinski definition) is 0. The fourth-order valence-corrected chi connectivity index (χ4v) is 6.36. The first-order chi connectivity index (χ1) is 20.2. The molecule has 1 aliphatic heterocycles. The summed E-state index contributed by atoms with van der Waals surface area (Å²) < 4.78 is 7.37. The Morgan fingerprint density at radius 3 is 2.60 bits per heavy atom. The second kappa shape index (κ2) is 12.7. The number of ether oxygens (including phenoxy) is 1. The predicted octanol–water partition coefficient (Wildman–Crippen LogP) is 6.25. The smallest absolute Gasteiger partial charge is 0.410 e. The molecule has 2 amide bonds. The zero-order valence-electron chi connectivity index (χ0n) is 24.8. The minimum atomic E-state index is -0.591. The molecule has 1 aromatic carbocycles. The summed E-state index contributed by atoms with van der Waals surface area (Å²) in [6.07, 6.45) is 8.88. The highest BCUT2D eigenvalue weighted by atomic mass is 35.5. The van der Waals surface area contributed by atoms with Crippen molar-refractivity contribution >= 4 is 35.3 Å². The second-order valence-corrected chi connectivity index (χ2v) is 11.6.